The molecular weight excluding hydrogens is 234 g/mol. The Morgan fingerprint density at radius 1 is 1.00 bits per heavy atom. The number of ether oxygens (including phenoxy) is 1. The molecule has 2 aromatic rings. The molecule has 2 heteroatoms. The number of rotatable bonds is 3. The fourth-order valence-corrected chi connectivity index (χ4v) is 3.01. The molecule has 1 heterocycles. The van der Waals surface area contributed by atoms with Crippen molar-refractivity contribution in [2.24, 2.45) is 0 Å². The molecule has 1 saturated heterocycles. The van der Waals surface area contributed by atoms with Crippen molar-refractivity contribution in [3.8, 4) is 5.75 Å². The van der Waals surface area contributed by atoms with Crippen LogP contribution in [0.1, 0.15) is 24.8 Å². The van der Waals surface area contributed by atoms with Crippen molar-refractivity contribution in [3.05, 3.63) is 42.0 Å². The lowest BCUT2D eigenvalue weighted by molar-refractivity contribution is 0.218. The molecule has 2 aromatic carbocycles. The van der Waals surface area contributed by atoms with E-state index >= 15 is 0 Å². The fourth-order valence-electron chi connectivity index (χ4n) is 3.01. The van der Waals surface area contributed by atoms with Gasteiger partial charge in [-0.05, 0) is 31.3 Å². The lowest BCUT2D eigenvalue weighted by Crippen LogP contribution is -2.29. The van der Waals surface area contributed by atoms with E-state index in [0.717, 1.165) is 12.3 Å². The summed E-state index contributed by atoms with van der Waals surface area (Å²) in [7, 11) is 1.78. The van der Waals surface area contributed by atoms with Crippen LogP contribution in [0.5, 0.6) is 5.75 Å². The quantitative estimate of drug-likeness (QED) is 0.826. The third-order valence-corrected chi connectivity index (χ3v) is 4.01. The van der Waals surface area contributed by atoms with E-state index in [2.05, 4.69) is 41.3 Å². The molecule has 100 valence electrons. The standard InChI is InChI=1S/C17H21NO/c1-19-17-15(13-18-11-5-2-6-12-18)10-9-14-7-3-4-8-16(14)17/h3-4,7-10H,2,5-6,11-13H2,1H3. The molecule has 3 rings (SSSR count). The SMILES string of the molecule is COc1c(CN2CCCCC2)ccc2ccccc12. The van der Waals surface area contributed by atoms with Crippen molar-refractivity contribution >= 4 is 10.8 Å². The van der Waals surface area contributed by atoms with Crippen LogP contribution in [-0.2, 0) is 6.54 Å². The first-order valence-corrected chi connectivity index (χ1v) is 7.15. The van der Waals surface area contributed by atoms with Gasteiger partial charge in [0, 0.05) is 17.5 Å². The van der Waals surface area contributed by atoms with Gasteiger partial charge in [-0.25, -0.2) is 0 Å². The van der Waals surface area contributed by atoms with Crippen molar-refractivity contribution in [2.45, 2.75) is 25.8 Å². The van der Waals surface area contributed by atoms with Crippen molar-refractivity contribution in [1.29, 1.82) is 0 Å². The van der Waals surface area contributed by atoms with Gasteiger partial charge in [-0.2, -0.15) is 0 Å². The molecule has 19 heavy (non-hydrogen) atoms. The lowest BCUT2D eigenvalue weighted by Gasteiger charge is -2.27. The van der Waals surface area contributed by atoms with Crippen LogP contribution in [0.3, 0.4) is 0 Å². The summed E-state index contributed by atoms with van der Waals surface area (Å²) in [5.41, 5.74) is 1.31. The Hall–Kier alpha value is -1.54. The number of benzene rings is 2. The van der Waals surface area contributed by atoms with Crippen LogP contribution in [-0.4, -0.2) is 25.1 Å². The molecule has 1 aliphatic heterocycles. The van der Waals surface area contributed by atoms with E-state index in [4.69, 9.17) is 4.74 Å². The van der Waals surface area contributed by atoms with Crippen LogP contribution < -0.4 is 4.74 Å². The molecule has 0 bridgehead atoms. The average molecular weight is 255 g/mol. The summed E-state index contributed by atoms with van der Waals surface area (Å²) in [5, 5.41) is 2.47. The lowest BCUT2D eigenvalue weighted by atomic mass is 10.0. The van der Waals surface area contributed by atoms with Gasteiger partial charge in [0.15, 0.2) is 0 Å². The number of hydrogen-bond acceptors (Lipinski definition) is 2. The first-order chi connectivity index (χ1) is 9.38. The third-order valence-electron chi connectivity index (χ3n) is 4.01. The van der Waals surface area contributed by atoms with E-state index < -0.39 is 0 Å². The second kappa shape index (κ2) is 5.62. The summed E-state index contributed by atoms with van der Waals surface area (Å²) >= 11 is 0. The van der Waals surface area contributed by atoms with Crippen LogP contribution in [0.25, 0.3) is 10.8 Å². The van der Waals surface area contributed by atoms with E-state index in [9.17, 15) is 0 Å². The highest BCUT2D eigenvalue weighted by Gasteiger charge is 2.14. The maximum absolute atomic E-state index is 5.67. The summed E-state index contributed by atoms with van der Waals surface area (Å²) in [6.45, 7) is 3.44. The fraction of sp³-hybridized carbons (Fsp3) is 0.412. The molecule has 0 amide bonds. The molecule has 0 aliphatic carbocycles. The van der Waals surface area contributed by atoms with Crippen LogP contribution in [0.15, 0.2) is 36.4 Å². The first-order valence-electron chi connectivity index (χ1n) is 7.15. The van der Waals surface area contributed by atoms with Crippen molar-refractivity contribution < 1.29 is 4.74 Å². The number of likely N-dealkylation sites (tertiary alicyclic amines) is 1. The summed E-state index contributed by atoms with van der Waals surface area (Å²) in [4.78, 5) is 2.54. The Bertz CT molecular complexity index is 558. The van der Waals surface area contributed by atoms with E-state index in [0.29, 0.717) is 0 Å². The molecular formula is C17H21NO. The van der Waals surface area contributed by atoms with Gasteiger partial charge < -0.3 is 4.74 Å². The molecule has 0 atom stereocenters. The number of methoxy groups -OCH3 is 1. The highest BCUT2D eigenvalue weighted by molar-refractivity contribution is 5.89. The minimum Gasteiger partial charge on any atom is -0.496 e. The van der Waals surface area contributed by atoms with Crippen molar-refractivity contribution in [3.63, 3.8) is 0 Å². The van der Waals surface area contributed by atoms with Crippen LogP contribution in [0.2, 0.25) is 0 Å². The van der Waals surface area contributed by atoms with E-state index in [1.165, 1.54) is 48.7 Å². The van der Waals surface area contributed by atoms with Gasteiger partial charge in [0.05, 0.1) is 7.11 Å². The molecule has 2 nitrogen and oxygen atoms in total. The molecule has 0 spiro atoms. The summed E-state index contributed by atoms with van der Waals surface area (Å²) in [6, 6.07) is 12.9. The highest BCUT2D eigenvalue weighted by atomic mass is 16.5. The van der Waals surface area contributed by atoms with Crippen LogP contribution in [0, 0.1) is 0 Å². The van der Waals surface area contributed by atoms with Gasteiger partial charge in [0.25, 0.3) is 0 Å². The zero-order chi connectivity index (χ0) is 13.1. The van der Waals surface area contributed by atoms with E-state index in [-0.39, 0.29) is 0 Å². The zero-order valence-electron chi connectivity index (χ0n) is 11.6. The Morgan fingerprint density at radius 3 is 2.58 bits per heavy atom. The second-order valence-corrected chi connectivity index (χ2v) is 5.32. The summed E-state index contributed by atoms with van der Waals surface area (Å²) < 4.78 is 5.67. The Balaban J connectivity index is 1.93. The van der Waals surface area contributed by atoms with Crippen molar-refractivity contribution in [2.75, 3.05) is 20.2 Å². The van der Waals surface area contributed by atoms with Gasteiger partial charge >= 0.3 is 0 Å². The summed E-state index contributed by atoms with van der Waals surface area (Å²) in [5.74, 6) is 1.05. The normalized spacial score (nSPS) is 16.7. The van der Waals surface area contributed by atoms with E-state index in [1.54, 1.807) is 7.11 Å². The molecule has 0 N–H and O–H groups in total. The predicted molar refractivity (Wildman–Crippen MR) is 79.6 cm³/mol. The summed E-state index contributed by atoms with van der Waals surface area (Å²) in [6.07, 6.45) is 4.04. The molecule has 0 radical (unpaired) electrons. The number of nitrogens with zero attached hydrogens (tertiary/aromatic N) is 1. The van der Waals surface area contributed by atoms with Crippen molar-refractivity contribution in [1.82, 2.24) is 4.90 Å². The minimum absolute atomic E-state index is 1.01. The monoisotopic (exact) mass is 255 g/mol. The van der Waals surface area contributed by atoms with Gasteiger partial charge in [0.1, 0.15) is 5.75 Å². The predicted octanol–water partition coefficient (Wildman–Crippen LogP) is 3.83. The van der Waals surface area contributed by atoms with Gasteiger partial charge in [-0.15, -0.1) is 0 Å². The maximum atomic E-state index is 5.67. The van der Waals surface area contributed by atoms with Gasteiger partial charge in [-0.1, -0.05) is 42.8 Å². The average Bonchev–Trinajstić information content (AvgIpc) is 2.48. The largest absolute Gasteiger partial charge is 0.496 e. The van der Waals surface area contributed by atoms with Gasteiger partial charge in [0.2, 0.25) is 0 Å². The van der Waals surface area contributed by atoms with Crippen LogP contribution in [0.4, 0.5) is 0 Å². The number of fused-ring (bicyclic) bond motifs is 1. The topological polar surface area (TPSA) is 12.5 Å². The molecule has 0 saturated carbocycles. The van der Waals surface area contributed by atoms with Crippen LogP contribution >= 0.6 is 0 Å². The smallest absolute Gasteiger partial charge is 0.131 e. The Morgan fingerprint density at radius 2 is 1.79 bits per heavy atom. The third kappa shape index (κ3) is 2.59. The number of hydrogen-bond donors (Lipinski definition) is 0. The van der Waals surface area contributed by atoms with Gasteiger partial charge in [-0.3, -0.25) is 4.90 Å². The Kier molecular flexibility index (Phi) is 3.69. The van der Waals surface area contributed by atoms with E-state index in [1.807, 2.05) is 0 Å². The maximum Gasteiger partial charge on any atom is 0.131 e. The molecule has 1 aliphatic rings. The second-order valence-electron chi connectivity index (χ2n) is 5.32. The minimum atomic E-state index is 1.01. The molecule has 0 aromatic heterocycles. The molecule has 1 fully saturated rings. The highest BCUT2D eigenvalue weighted by Crippen LogP contribution is 2.30. The number of piperidine rings is 1. The zero-order valence-corrected chi connectivity index (χ0v) is 11.6. The first kappa shape index (κ1) is 12.5. The Labute approximate surface area is 115 Å². The molecule has 0 unspecified atom stereocenters.